The van der Waals surface area contributed by atoms with E-state index in [1.807, 2.05) is 0 Å². The molecule has 2 aliphatic heterocycles. The third kappa shape index (κ3) is 5.71. The molecule has 14 nitrogen and oxygen atoms in total. The van der Waals surface area contributed by atoms with E-state index < -0.39 is 59.0 Å². The topological polar surface area (TPSA) is 223 Å². The Bertz CT molecular complexity index is 1350. The van der Waals surface area contributed by atoms with E-state index in [-0.39, 0.29) is 35.8 Å². The third-order valence-electron chi connectivity index (χ3n) is 7.22. The molecule has 2 aromatic carbocycles. The zero-order chi connectivity index (χ0) is 30.1. The zero-order valence-corrected chi connectivity index (χ0v) is 21.9. The van der Waals surface area contributed by atoms with E-state index in [9.17, 15) is 45.2 Å². The Morgan fingerprint density at radius 2 is 1.90 bits per heavy atom. The first-order valence-corrected chi connectivity index (χ1v) is 12.8. The molecule has 0 bridgehead atoms. The quantitative estimate of drug-likeness (QED) is 0.117. The molecule has 0 saturated carbocycles. The number of ether oxygens (including phenoxy) is 1. The van der Waals surface area contributed by atoms with Gasteiger partial charge >= 0.3 is 0 Å². The molecule has 41 heavy (non-hydrogen) atoms. The number of hydrogen-bond donors (Lipinski definition) is 7. The summed E-state index contributed by atoms with van der Waals surface area (Å²) in [7, 11) is 0. The molecule has 0 aromatic heterocycles. The van der Waals surface area contributed by atoms with E-state index in [0.717, 1.165) is 6.07 Å². The van der Waals surface area contributed by atoms with Gasteiger partial charge < -0.3 is 45.6 Å². The second kappa shape index (κ2) is 12.0. The van der Waals surface area contributed by atoms with E-state index in [1.165, 1.54) is 29.2 Å². The lowest BCUT2D eigenvalue weighted by atomic mass is 9.82. The Hall–Kier alpha value is -3.76. The van der Waals surface area contributed by atoms with Crippen molar-refractivity contribution >= 4 is 28.9 Å². The lowest BCUT2D eigenvalue weighted by molar-refractivity contribution is -0.385. The number of nitrogens with one attached hydrogen (secondary N) is 1. The number of nitrogens with zero attached hydrogens (tertiary/aromatic N) is 2. The normalized spacial score (nSPS) is 28.5. The van der Waals surface area contributed by atoms with Crippen LogP contribution >= 0.6 is 0 Å². The molecule has 7 N–H and O–H groups in total. The average molecular weight is 574 g/mol. The lowest BCUT2D eigenvalue weighted by Crippen LogP contribution is -2.60. The van der Waals surface area contributed by atoms with Crippen LogP contribution in [0.3, 0.4) is 0 Å². The number of carbonyl (C=O) groups excluding carboxylic acids is 2. The SMILES string of the molecule is C[C@H](/C=C/CCO)[C@@]1(O)C(=O)N(Cc2cccc(NC(=O)[C@H]3O[C@@H](O)[C@H](O)[C@@H](O)[C@@H]3O)c2)c2ccc([N+](=O)[O-])cc21. The second-order valence-corrected chi connectivity index (χ2v) is 9.95. The summed E-state index contributed by atoms with van der Waals surface area (Å²) < 4.78 is 4.95. The van der Waals surface area contributed by atoms with Crippen molar-refractivity contribution in [3.05, 3.63) is 75.9 Å². The van der Waals surface area contributed by atoms with Gasteiger partial charge in [0, 0.05) is 35.9 Å². The highest BCUT2D eigenvalue weighted by atomic mass is 16.6. The van der Waals surface area contributed by atoms with Crippen molar-refractivity contribution in [1.82, 2.24) is 0 Å². The molecule has 1 saturated heterocycles. The van der Waals surface area contributed by atoms with Gasteiger partial charge in [-0.25, -0.2) is 0 Å². The molecule has 7 atom stereocenters. The van der Waals surface area contributed by atoms with Crippen LogP contribution in [0.25, 0.3) is 0 Å². The molecule has 0 aliphatic carbocycles. The van der Waals surface area contributed by atoms with Crippen LogP contribution in [0.4, 0.5) is 17.1 Å². The maximum Gasteiger partial charge on any atom is 0.269 e. The van der Waals surface area contributed by atoms with Gasteiger partial charge in [0.05, 0.1) is 17.2 Å². The Morgan fingerprint density at radius 3 is 2.59 bits per heavy atom. The fraction of sp³-hybridized carbons (Fsp3) is 0.407. The van der Waals surface area contributed by atoms with Crippen LogP contribution in [-0.4, -0.2) is 84.7 Å². The number of benzene rings is 2. The number of rotatable bonds is 9. The van der Waals surface area contributed by atoms with Crippen LogP contribution in [0, 0.1) is 16.0 Å². The van der Waals surface area contributed by atoms with Crippen LogP contribution in [0.5, 0.6) is 0 Å². The molecular formula is C27H31N3O11. The minimum absolute atomic E-state index is 0.0602. The van der Waals surface area contributed by atoms with Crippen LogP contribution in [0.15, 0.2) is 54.6 Å². The maximum absolute atomic E-state index is 13.7. The van der Waals surface area contributed by atoms with Gasteiger partial charge in [-0.3, -0.25) is 19.7 Å². The number of aliphatic hydroxyl groups is 6. The first-order valence-electron chi connectivity index (χ1n) is 12.8. The van der Waals surface area contributed by atoms with Gasteiger partial charge in [-0.15, -0.1) is 0 Å². The van der Waals surface area contributed by atoms with Crippen molar-refractivity contribution in [2.45, 2.75) is 56.2 Å². The summed E-state index contributed by atoms with van der Waals surface area (Å²) in [5, 5.41) is 74.0. The molecule has 220 valence electrons. The fourth-order valence-electron chi connectivity index (χ4n) is 4.94. The number of aliphatic hydroxyl groups excluding tert-OH is 5. The predicted molar refractivity (Wildman–Crippen MR) is 142 cm³/mol. The van der Waals surface area contributed by atoms with Gasteiger partial charge in [-0.1, -0.05) is 31.2 Å². The summed E-state index contributed by atoms with van der Waals surface area (Å²) in [6, 6.07) is 10.00. The highest BCUT2D eigenvalue weighted by Crippen LogP contribution is 2.47. The van der Waals surface area contributed by atoms with Crippen molar-refractivity contribution in [2.24, 2.45) is 5.92 Å². The second-order valence-electron chi connectivity index (χ2n) is 9.95. The number of non-ortho nitro benzene ring substituents is 1. The summed E-state index contributed by atoms with van der Waals surface area (Å²) in [6.45, 7) is 1.36. The molecular weight excluding hydrogens is 542 g/mol. The van der Waals surface area contributed by atoms with E-state index in [2.05, 4.69) is 5.32 Å². The molecule has 2 aliphatic rings. The minimum Gasteiger partial charge on any atom is -0.396 e. The molecule has 2 aromatic rings. The minimum atomic E-state index is -2.13. The number of nitro benzene ring substituents is 1. The van der Waals surface area contributed by atoms with E-state index in [0.29, 0.717) is 12.0 Å². The van der Waals surface area contributed by atoms with Crippen molar-refractivity contribution in [3.63, 3.8) is 0 Å². The molecule has 2 heterocycles. The number of nitro groups is 1. The fourth-order valence-corrected chi connectivity index (χ4v) is 4.94. The molecule has 14 heteroatoms. The Kier molecular flexibility index (Phi) is 8.84. The largest absolute Gasteiger partial charge is 0.396 e. The van der Waals surface area contributed by atoms with Crippen molar-refractivity contribution in [3.8, 4) is 0 Å². The summed E-state index contributed by atoms with van der Waals surface area (Å²) >= 11 is 0. The number of amides is 2. The Balaban J connectivity index is 1.60. The molecule has 0 radical (unpaired) electrons. The predicted octanol–water partition coefficient (Wildman–Crippen LogP) is -0.358. The molecule has 0 spiro atoms. The van der Waals surface area contributed by atoms with Gasteiger partial charge in [0.1, 0.15) is 18.3 Å². The number of anilines is 2. The third-order valence-corrected chi connectivity index (χ3v) is 7.22. The van der Waals surface area contributed by atoms with Crippen LogP contribution in [0.2, 0.25) is 0 Å². The molecule has 1 fully saturated rings. The monoisotopic (exact) mass is 573 g/mol. The van der Waals surface area contributed by atoms with Gasteiger partial charge in [0.15, 0.2) is 18.0 Å². The lowest BCUT2D eigenvalue weighted by Gasteiger charge is -2.37. The Morgan fingerprint density at radius 1 is 1.17 bits per heavy atom. The van der Waals surface area contributed by atoms with Crippen molar-refractivity contribution in [2.75, 3.05) is 16.8 Å². The number of hydrogen-bond acceptors (Lipinski definition) is 11. The van der Waals surface area contributed by atoms with Gasteiger partial charge in [-0.2, -0.15) is 0 Å². The van der Waals surface area contributed by atoms with Gasteiger partial charge in [0.25, 0.3) is 17.5 Å². The molecule has 4 rings (SSSR count). The highest BCUT2D eigenvalue weighted by Gasteiger charge is 2.53. The smallest absolute Gasteiger partial charge is 0.269 e. The van der Waals surface area contributed by atoms with E-state index in [1.54, 1.807) is 31.2 Å². The van der Waals surface area contributed by atoms with E-state index >= 15 is 0 Å². The summed E-state index contributed by atoms with van der Waals surface area (Å²) in [5.41, 5.74) is -1.40. The average Bonchev–Trinajstić information content (AvgIpc) is 3.16. The molecule has 0 unspecified atom stereocenters. The Labute approximate surface area is 233 Å². The summed E-state index contributed by atoms with van der Waals surface area (Å²) in [5.74, 6) is -2.43. The summed E-state index contributed by atoms with van der Waals surface area (Å²) in [4.78, 5) is 38.5. The van der Waals surface area contributed by atoms with Gasteiger partial charge in [-0.05, 0) is 30.2 Å². The maximum atomic E-state index is 13.7. The van der Waals surface area contributed by atoms with Crippen LogP contribution < -0.4 is 10.2 Å². The van der Waals surface area contributed by atoms with Crippen LogP contribution in [0.1, 0.15) is 24.5 Å². The molecule has 2 amide bonds. The number of carbonyl (C=O) groups is 2. The standard InChI is InChI=1S/C27H31N3O11/c1-14(5-2-3-10-31)27(38)18-12-17(30(39)40)8-9-19(18)29(26(27)37)13-15-6-4-7-16(11-15)28-24(35)23-21(33)20(32)22(34)25(36)41-23/h2,4-9,11-12,14,20-23,25,31-34,36,38H,3,10,13H2,1H3,(H,28,35)/b5-2+/t14-,20+,21+,22-,23+,25-,27+/m1/s1. The van der Waals surface area contributed by atoms with Crippen molar-refractivity contribution < 1.29 is 49.9 Å². The number of fused-ring (bicyclic) bond motifs is 1. The zero-order valence-electron chi connectivity index (χ0n) is 21.9. The van der Waals surface area contributed by atoms with E-state index in [4.69, 9.17) is 9.84 Å². The summed E-state index contributed by atoms with van der Waals surface area (Å²) in [6.07, 6.45) is -5.56. The van der Waals surface area contributed by atoms with Gasteiger partial charge in [0.2, 0.25) is 0 Å². The highest BCUT2D eigenvalue weighted by molar-refractivity contribution is 6.07. The van der Waals surface area contributed by atoms with Crippen LogP contribution in [-0.2, 0) is 26.5 Å². The van der Waals surface area contributed by atoms with Crippen molar-refractivity contribution in [1.29, 1.82) is 0 Å². The first-order chi connectivity index (χ1) is 19.4. The first kappa shape index (κ1) is 30.2.